The van der Waals surface area contributed by atoms with Crippen molar-refractivity contribution in [1.82, 2.24) is 4.68 Å². The fourth-order valence-corrected chi connectivity index (χ4v) is 5.36. The zero-order chi connectivity index (χ0) is 26.4. The topological polar surface area (TPSA) is 88.3 Å². The van der Waals surface area contributed by atoms with Crippen molar-refractivity contribution in [3.63, 3.8) is 0 Å². The molecule has 4 aromatic rings. The lowest BCUT2D eigenvalue weighted by Crippen LogP contribution is -2.27. The fraction of sp³-hybridized carbons (Fsp3) is 0.172. The first-order chi connectivity index (χ1) is 18.4. The molecule has 2 aliphatic heterocycles. The van der Waals surface area contributed by atoms with Gasteiger partial charge in [-0.15, -0.1) is 11.3 Å². The summed E-state index contributed by atoms with van der Waals surface area (Å²) in [4.78, 5) is 32.2. The van der Waals surface area contributed by atoms with Crippen LogP contribution < -0.4 is 19.8 Å². The zero-order valence-electron chi connectivity index (χ0n) is 21.1. The minimum absolute atomic E-state index is 0.00782. The van der Waals surface area contributed by atoms with Crippen LogP contribution in [0.5, 0.6) is 5.75 Å². The number of hydrogen-bond acceptors (Lipinski definition) is 6. The summed E-state index contributed by atoms with van der Waals surface area (Å²) in [6.07, 6.45) is 0. The molecule has 3 heterocycles. The first-order valence-corrected chi connectivity index (χ1v) is 13.2. The summed E-state index contributed by atoms with van der Waals surface area (Å²) in [5, 5.41) is 9.69. The van der Waals surface area contributed by atoms with Crippen LogP contribution >= 0.6 is 11.3 Å². The van der Waals surface area contributed by atoms with Gasteiger partial charge in [-0.1, -0.05) is 44.2 Å². The molecule has 0 spiro atoms. The van der Waals surface area contributed by atoms with E-state index in [9.17, 15) is 9.59 Å². The van der Waals surface area contributed by atoms with Crippen molar-refractivity contribution >= 4 is 45.9 Å². The van der Waals surface area contributed by atoms with Crippen molar-refractivity contribution in [1.29, 1.82) is 0 Å². The highest BCUT2D eigenvalue weighted by Crippen LogP contribution is 2.34. The molecule has 1 aromatic heterocycles. The van der Waals surface area contributed by atoms with E-state index in [1.807, 2.05) is 60.0 Å². The summed E-state index contributed by atoms with van der Waals surface area (Å²) in [7, 11) is 1.75. The number of ether oxygens (including phenoxy) is 1. The maximum absolute atomic E-state index is 13.2. The summed E-state index contributed by atoms with van der Waals surface area (Å²) in [6.45, 7) is 4.30. The molecule has 0 bridgehead atoms. The molecule has 0 radical (unpaired) electrons. The van der Waals surface area contributed by atoms with Gasteiger partial charge < -0.3 is 15.0 Å². The smallest absolute Gasteiger partial charge is 0.279 e. The molecule has 6 rings (SSSR count). The number of thiazole rings is 1. The van der Waals surface area contributed by atoms with E-state index < -0.39 is 0 Å². The number of amides is 2. The molecule has 3 aromatic carbocycles. The number of aromatic nitrogens is 1. The first-order valence-electron chi connectivity index (χ1n) is 12.3. The monoisotopic (exact) mass is 523 g/mol. The molecule has 9 heteroatoms. The van der Waals surface area contributed by atoms with Gasteiger partial charge in [-0.25, -0.2) is 9.67 Å². The third kappa shape index (κ3) is 4.20. The molecule has 0 unspecified atom stereocenters. The standard InChI is InChI=1S/C29H25N5O3S/c1-17(2)18-8-11-20(12-9-18)30-29-34(32-27-21-6-4-5-7-23(21)33(3)28(27)36)24(16-38-29)19-10-13-25-22(14-19)31-26(35)15-37-25/h4-14,16-17H,15H2,1-3H3,(H,31,35). The summed E-state index contributed by atoms with van der Waals surface area (Å²) < 4.78 is 7.23. The van der Waals surface area contributed by atoms with Crippen LogP contribution in [0.3, 0.4) is 0 Å². The van der Waals surface area contributed by atoms with E-state index in [4.69, 9.17) is 14.8 Å². The minimum Gasteiger partial charge on any atom is -0.482 e. The second kappa shape index (κ2) is 9.42. The highest BCUT2D eigenvalue weighted by molar-refractivity contribution is 7.07. The second-order valence-electron chi connectivity index (χ2n) is 9.45. The number of anilines is 2. The average molecular weight is 524 g/mol. The molecule has 38 heavy (non-hydrogen) atoms. The van der Waals surface area contributed by atoms with E-state index >= 15 is 0 Å². The number of likely N-dealkylation sites (N-methyl/N-ethyl adjacent to an activating group) is 1. The van der Waals surface area contributed by atoms with Crippen LogP contribution in [0, 0.1) is 0 Å². The first kappa shape index (κ1) is 23.9. The van der Waals surface area contributed by atoms with E-state index in [1.165, 1.54) is 16.9 Å². The van der Waals surface area contributed by atoms with Crippen molar-refractivity contribution in [2.75, 3.05) is 23.9 Å². The highest BCUT2D eigenvalue weighted by Gasteiger charge is 2.31. The number of carbonyl (C=O) groups is 2. The number of benzene rings is 3. The van der Waals surface area contributed by atoms with Gasteiger partial charge in [0.15, 0.2) is 12.3 Å². The van der Waals surface area contributed by atoms with Gasteiger partial charge >= 0.3 is 0 Å². The predicted octanol–water partition coefficient (Wildman–Crippen LogP) is 5.13. The molecule has 190 valence electrons. The van der Waals surface area contributed by atoms with E-state index in [0.29, 0.717) is 27.9 Å². The molecule has 0 fully saturated rings. The Kier molecular flexibility index (Phi) is 5.92. The van der Waals surface area contributed by atoms with E-state index in [2.05, 4.69) is 31.3 Å². The summed E-state index contributed by atoms with van der Waals surface area (Å²) in [5.41, 5.74) is 6.08. The molecule has 0 atom stereocenters. The van der Waals surface area contributed by atoms with Gasteiger partial charge in [0.05, 0.1) is 22.8 Å². The van der Waals surface area contributed by atoms with Gasteiger partial charge in [-0.05, 0) is 47.9 Å². The molecule has 0 saturated carbocycles. The van der Waals surface area contributed by atoms with Crippen molar-refractivity contribution < 1.29 is 14.3 Å². The molecule has 0 aliphatic carbocycles. The number of fused-ring (bicyclic) bond motifs is 2. The predicted molar refractivity (Wildman–Crippen MR) is 149 cm³/mol. The van der Waals surface area contributed by atoms with Gasteiger partial charge in [-0.3, -0.25) is 9.59 Å². The number of nitrogens with one attached hydrogen (secondary N) is 1. The Bertz CT molecular complexity index is 1680. The van der Waals surface area contributed by atoms with Crippen LogP contribution in [0.4, 0.5) is 17.1 Å². The number of hydrogen-bond donors (Lipinski definition) is 1. The lowest BCUT2D eigenvalue weighted by atomic mass is 10.0. The third-order valence-corrected chi connectivity index (χ3v) is 7.42. The Morgan fingerprint density at radius 2 is 1.82 bits per heavy atom. The van der Waals surface area contributed by atoms with Gasteiger partial charge in [0, 0.05) is 23.6 Å². The van der Waals surface area contributed by atoms with E-state index in [1.54, 1.807) is 16.6 Å². The van der Waals surface area contributed by atoms with E-state index in [0.717, 1.165) is 28.2 Å². The van der Waals surface area contributed by atoms with E-state index in [-0.39, 0.29) is 18.4 Å². The summed E-state index contributed by atoms with van der Waals surface area (Å²) >= 11 is 1.43. The summed E-state index contributed by atoms with van der Waals surface area (Å²) in [6, 6.07) is 21.3. The molecule has 1 N–H and O–H groups in total. The van der Waals surface area contributed by atoms with Gasteiger partial charge in [0.25, 0.3) is 11.8 Å². The lowest BCUT2D eigenvalue weighted by Gasteiger charge is -2.18. The molecule has 2 amide bonds. The number of rotatable bonds is 4. The van der Waals surface area contributed by atoms with Crippen LogP contribution in [0.25, 0.3) is 11.3 Å². The van der Waals surface area contributed by atoms with Crippen molar-refractivity contribution in [3.8, 4) is 17.0 Å². The zero-order valence-corrected chi connectivity index (χ0v) is 22.0. The average Bonchev–Trinajstić information content (AvgIpc) is 3.42. The Balaban J connectivity index is 1.53. The van der Waals surface area contributed by atoms with Gasteiger partial charge in [0.2, 0.25) is 4.80 Å². The molecular weight excluding hydrogens is 498 g/mol. The number of nitrogens with zero attached hydrogens (tertiary/aromatic N) is 4. The SMILES string of the molecule is CC(C)c1ccc(N=c2scc(-c3ccc4c(c3)NC(=O)CO4)n2N=C2C(=O)N(C)c3ccccc32)cc1. The normalized spacial score (nSPS) is 16.1. The maximum Gasteiger partial charge on any atom is 0.279 e. The highest BCUT2D eigenvalue weighted by atomic mass is 32.1. The number of para-hydroxylation sites is 1. The quantitative estimate of drug-likeness (QED) is 0.402. The molecule has 8 nitrogen and oxygen atoms in total. The molecular formula is C29H25N5O3S. The second-order valence-corrected chi connectivity index (χ2v) is 10.3. The van der Waals surface area contributed by atoms with Crippen LogP contribution in [0.2, 0.25) is 0 Å². The molecule has 0 saturated heterocycles. The van der Waals surface area contributed by atoms with Crippen LogP contribution in [0.15, 0.2) is 82.2 Å². The Labute approximate surface area is 223 Å². The van der Waals surface area contributed by atoms with Crippen molar-refractivity contribution in [3.05, 3.63) is 88.0 Å². The van der Waals surface area contributed by atoms with Crippen LogP contribution in [-0.2, 0) is 9.59 Å². The Morgan fingerprint density at radius 3 is 2.61 bits per heavy atom. The maximum atomic E-state index is 13.2. The minimum atomic E-state index is -0.204. The molecule has 2 aliphatic rings. The lowest BCUT2D eigenvalue weighted by molar-refractivity contribution is -0.118. The van der Waals surface area contributed by atoms with Crippen molar-refractivity contribution in [2.45, 2.75) is 19.8 Å². The number of carbonyl (C=O) groups excluding carboxylic acids is 2. The summed E-state index contributed by atoms with van der Waals surface area (Å²) in [5.74, 6) is 0.643. The Hall–Kier alpha value is -4.50. The van der Waals surface area contributed by atoms with Gasteiger partial charge in [-0.2, -0.15) is 5.10 Å². The van der Waals surface area contributed by atoms with Crippen LogP contribution in [-0.4, -0.2) is 35.9 Å². The Morgan fingerprint density at radius 1 is 1.03 bits per heavy atom. The third-order valence-electron chi connectivity index (χ3n) is 6.61. The van der Waals surface area contributed by atoms with Crippen molar-refractivity contribution in [2.24, 2.45) is 10.1 Å². The largest absolute Gasteiger partial charge is 0.482 e. The fourth-order valence-electron chi connectivity index (χ4n) is 4.51. The van der Waals surface area contributed by atoms with Crippen LogP contribution in [0.1, 0.15) is 30.9 Å². The van der Waals surface area contributed by atoms with Gasteiger partial charge in [0.1, 0.15) is 5.75 Å².